The third-order valence-electron chi connectivity index (χ3n) is 4.10. The zero-order valence-corrected chi connectivity index (χ0v) is 14.3. The van der Waals surface area contributed by atoms with E-state index in [0.29, 0.717) is 0 Å². The lowest BCUT2D eigenvalue weighted by Crippen LogP contribution is -2.37. The standard InChI is InChI=1S/C16H23BrFNO/c1-15(2)9-13(16(3,4)20-15)14(19-5)10-6-11(17)8-12(18)7-10/h6-8,13-14,19H,9H2,1-5H3. The summed E-state index contributed by atoms with van der Waals surface area (Å²) in [5.41, 5.74) is 0.572. The first-order valence-electron chi connectivity index (χ1n) is 6.98. The van der Waals surface area contributed by atoms with E-state index in [1.54, 1.807) is 6.07 Å². The lowest BCUT2D eigenvalue weighted by molar-refractivity contribution is -0.0776. The van der Waals surface area contributed by atoms with Crippen LogP contribution in [0.5, 0.6) is 0 Å². The van der Waals surface area contributed by atoms with Crippen molar-refractivity contribution in [2.75, 3.05) is 7.05 Å². The van der Waals surface area contributed by atoms with Crippen molar-refractivity contribution in [3.05, 3.63) is 34.1 Å². The number of nitrogens with one attached hydrogen (secondary N) is 1. The van der Waals surface area contributed by atoms with Gasteiger partial charge < -0.3 is 10.1 Å². The summed E-state index contributed by atoms with van der Waals surface area (Å²) < 4.78 is 20.6. The fourth-order valence-electron chi connectivity index (χ4n) is 3.48. The van der Waals surface area contributed by atoms with Crippen LogP contribution < -0.4 is 5.32 Å². The molecule has 1 aromatic rings. The molecule has 1 N–H and O–H groups in total. The van der Waals surface area contributed by atoms with Crippen molar-refractivity contribution in [1.82, 2.24) is 5.32 Å². The second-order valence-corrected chi connectivity index (χ2v) is 7.66. The van der Waals surface area contributed by atoms with Gasteiger partial charge in [0.1, 0.15) is 5.82 Å². The Kier molecular flexibility index (Phi) is 4.30. The molecule has 2 unspecified atom stereocenters. The molecule has 0 bridgehead atoms. The van der Waals surface area contributed by atoms with Gasteiger partial charge in [0.25, 0.3) is 0 Å². The summed E-state index contributed by atoms with van der Waals surface area (Å²) in [6, 6.07) is 5.13. The van der Waals surface area contributed by atoms with Crippen LogP contribution in [-0.2, 0) is 4.74 Å². The van der Waals surface area contributed by atoms with Crippen LogP contribution in [0.4, 0.5) is 4.39 Å². The molecule has 2 atom stereocenters. The second kappa shape index (κ2) is 5.39. The minimum absolute atomic E-state index is 0.0683. The minimum Gasteiger partial charge on any atom is -0.369 e. The normalized spacial score (nSPS) is 25.6. The first kappa shape index (κ1) is 15.9. The predicted octanol–water partition coefficient (Wildman–Crippen LogP) is 4.44. The van der Waals surface area contributed by atoms with E-state index in [1.165, 1.54) is 6.07 Å². The average Bonchev–Trinajstić information content (AvgIpc) is 2.46. The lowest BCUT2D eigenvalue weighted by atomic mass is 9.79. The van der Waals surface area contributed by atoms with Crippen molar-refractivity contribution < 1.29 is 9.13 Å². The molecule has 4 heteroatoms. The molecule has 2 rings (SSSR count). The van der Waals surface area contributed by atoms with E-state index in [2.05, 4.69) is 48.9 Å². The summed E-state index contributed by atoms with van der Waals surface area (Å²) in [5, 5.41) is 3.34. The highest BCUT2D eigenvalue weighted by Gasteiger charge is 2.49. The molecule has 112 valence electrons. The van der Waals surface area contributed by atoms with Gasteiger partial charge >= 0.3 is 0 Å². The van der Waals surface area contributed by atoms with Crippen LogP contribution >= 0.6 is 15.9 Å². The van der Waals surface area contributed by atoms with E-state index in [0.717, 1.165) is 16.5 Å². The van der Waals surface area contributed by atoms with Crippen LogP contribution in [0.25, 0.3) is 0 Å². The quantitative estimate of drug-likeness (QED) is 0.875. The fourth-order valence-corrected chi connectivity index (χ4v) is 3.96. The Balaban J connectivity index is 2.37. The molecule has 0 aliphatic carbocycles. The highest BCUT2D eigenvalue weighted by Crippen LogP contribution is 2.47. The van der Waals surface area contributed by atoms with Crippen molar-refractivity contribution >= 4 is 15.9 Å². The van der Waals surface area contributed by atoms with E-state index < -0.39 is 0 Å². The molecular weight excluding hydrogens is 321 g/mol. The molecule has 2 nitrogen and oxygen atoms in total. The molecule has 0 radical (unpaired) electrons. The van der Waals surface area contributed by atoms with Gasteiger partial charge in [-0.1, -0.05) is 15.9 Å². The van der Waals surface area contributed by atoms with Gasteiger partial charge in [0.2, 0.25) is 0 Å². The molecule has 0 amide bonds. The molecular formula is C16H23BrFNO. The van der Waals surface area contributed by atoms with E-state index >= 15 is 0 Å². The van der Waals surface area contributed by atoms with Crippen LogP contribution in [-0.4, -0.2) is 18.2 Å². The molecule has 1 aliphatic heterocycles. The van der Waals surface area contributed by atoms with Gasteiger partial charge in [-0.2, -0.15) is 0 Å². The van der Waals surface area contributed by atoms with Crippen molar-refractivity contribution in [3.8, 4) is 0 Å². The Morgan fingerprint density at radius 3 is 2.40 bits per heavy atom. The second-order valence-electron chi connectivity index (χ2n) is 6.74. The fraction of sp³-hybridized carbons (Fsp3) is 0.625. The van der Waals surface area contributed by atoms with Crippen LogP contribution in [0.3, 0.4) is 0 Å². The monoisotopic (exact) mass is 343 g/mol. The molecule has 1 heterocycles. The maximum atomic E-state index is 13.7. The van der Waals surface area contributed by atoms with Crippen molar-refractivity contribution in [2.45, 2.75) is 51.4 Å². The van der Waals surface area contributed by atoms with E-state index in [9.17, 15) is 4.39 Å². The highest BCUT2D eigenvalue weighted by atomic mass is 79.9. The molecule has 20 heavy (non-hydrogen) atoms. The summed E-state index contributed by atoms with van der Waals surface area (Å²) in [6.45, 7) is 8.46. The SMILES string of the molecule is CNC(c1cc(F)cc(Br)c1)C1CC(C)(C)OC1(C)C. The maximum absolute atomic E-state index is 13.7. The summed E-state index contributed by atoms with van der Waals surface area (Å²) >= 11 is 3.37. The first-order chi connectivity index (χ1) is 9.14. The van der Waals surface area contributed by atoms with Crippen molar-refractivity contribution in [2.24, 2.45) is 5.92 Å². The van der Waals surface area contributed by atoms with E-state index in [-0.39, 0.29) is 29.0 Å². The van der Waals surface area contributed by atoms with Gasteiger partial charge in [-0.3, -0.25) is 0 Å². The van der Waals surface area contributed by atoms with Crippen LogP contribution in [0.2, 0.25) is 0 Å². The summed E-state index contributed by atoms with van der Waals surface area (Å²) in [5.74, 6) is 0.0711. The zero-order chi connectivity index (χ0) is 15.1. The summed E-state index contributed by atoms with van der Waals surface area (Å²) in [4.78, 5) is 0. The van der Waals surface area contributed by atoms with Gasteiger partial charge in [0.05, 0.1) is 11.2 Å². The predicted molar refractivity (Wildman–Crippen MR) is 83.3 cm³/mol. The molecule has 0 spiro atoms. The van der Waals surface area contributed by atoms with Crippen molar-refractivity contribution in [3.63, 3.8) is 0 Å². The zero-order valence-electron chi connectivity index (χ0n) is 12.8. The number of benzene rings is 1. The van der Waals surface area contributed by atoms with E-state index in [1.807, 2.05) is 13.1 Å². The number of hydrogen-bond acceptors (Lipinski definition) is 2. The number of ether oxygens (including phenoxy) is 1. The molecule has 1 saturated heterocycles. The summed E-state index contributed by atoms with van der Waals surface area (Å²) in [7, 11) is 1.92. The van der Waals surface area contributed by atoms with Gasteiger partial charge in [-0.15, -0.1) is 0 Å². The number of halogens is 2. The van der Waals surface area contributed by atoms with Crippen LogP contribution in [0, 0.1) is 11.7 Å². The molecule has 1 aliphatic rings. The maximum Gasteiger partial charge on any atom is 0.124 e. The third kappa shape index (κ3) is 3.23. The Labute approximate surface area is 129 Å². The largest absolute Gasteiger partial charge is 0.369 e. The molecule has 1 aromatic carbocycles. The van der Waals surface area contributed by atoms with Crippen molar-refractivity contribution in [1.29, 1.82) is 0 Å². The minimum atomic E-state index is -0.240. The Bertz CT molecular complexity index is 481. The Morgan fingerprint density at radius 2 is 1.95 bits per heavy atom. The number of rotatable bonds is 3. The van der Waals surface area contributed by atoms with Crippen LogP contribution in [0.1, 0.15) is 45.7 Å². The lowest BCUT2D eigenvalue weighted by Gasteiger charge is -2.33. The molecule has 0 saturated carbocycles. The Morgan fingerprint density at radius 1 is 1.30 bits per heavy atom. The topological polar surface area (TPSA) is 21.3 Å². The number of hydrogen-bond donors (Lipinski definition) is 1. The van der Waals surface area contributed by atoms with Gasteiger partial charge in [-0.25, -0.2) is 4.39 Å². The van der Waals surface area contributed by atoms with Gasteiger partial charge in [0, 0.05) is 16.4 Å². The Hall–Kier alpha value is -0.450. The average molecular weight is 344 g/mol. The smallest absolute Gasteiger partial charge is 0.124 e. The first-order valence-corrected chi connectivity index (χ1v) is 7.77. The highest BCUT2D eigenvalue weighted by molar-refractivity contribution is 9.10. The molecule has 1 fully saturated rings. The molecule has 0 aromatic heterocycles. The van der Waals surface area contributed by atoms with E-state index in [4.69, 9.17) is 4.74 Å². The third-order valence-corrected chi connectivity index (χ3v) is 4.56. The summed E-state index contributed by atoms with van der Waals surface area (Å²) in [6.07, 6.45) is 0.944. The van der Waals surface area contributed by atoms with Gasteiger partial charge in [-0.05, 0) is 64.9 Å². The van der Waals surface area contributed by atoms with Gasteiger partial charge in [0.15, 0.2) is 0 Å². The van der Waals surface area contributed by atoms with Crippen LogP contribution in [0.15, 0.2) is 22.7 Å².